The molecule has 0 radical (unpaired) electrons. The van der Waals surface area contributed by atoms with Gasteiger partial charge in [0.05, 0.1) is 5.92 Å². The largest absolute Gasteiger partial charge is 0.353 e. The average molecular weight is 272 g/mol. The normalized spacial score (nSPS) is 26.1. The van der Waals surface area contributed by atoms with Gasteiger partial charge >= 0.3 is 0 Å². The van der Waals surface area contributed by atoms with Crippen LogP contribution in [0.15, 0.2) is 36.5 Å². The SMILES string of the molecule is NC1C=CC(C(=O)N2CCN(c3ccccn3)CC2)C1. The Kier molecular flexibility index (Phi) is 3.69. The maximum absolute atomic E-state index is 12.4. The molecule has 5 nitrogen and oxygen atoms in total. The molecule has 1 aromatic heterocycles. The van der Waals surface area contributed by atoms with Crippen LogP contribution in [-0.2, 0) is 4.79 Å². The molecule has 1 aromatic rings. The predicted molar refractivity (Wildman–Crippen MR) is 78.3 cm³/mol. The van der Waals surface area contributed by atoms with Gasteiger partial charge in [0, 0.05) is 38.4 Å². The number of carbonyl (C=O) groups excluding carboxylic acids is 1. The molecular weight excluding hydrogens is 252 g/mol. The van der Waals surface area contributed by atoms with Crippen LogP contribution in [0, 0.1) is 5.92 Å². The Morgan fingerprint density at radius 2 is 2.00 bits per heavy atom. The second-order valence-corrected chi connectivity index (χ2v) is 5.39. The Balaban J connectivity index is 1.56. The lowest BCUT2D eigenvalue weighted by molar-refractivity contribution is -0.134. The van der Waals surface area contributed by atoms with Gasteiger partial charge in [-0.05, 0) is 18.6 Å². The van der Waals surface area contributed by atoms with Crippen molar-refractivity contribution in [2.45, 2.75) is 12.5 Å². The summed E-state index contributed by atoms with van der Waals surface area (Å²) in [4.78, 5) is 20.9. The van der Waals surface area contributed by atoms with Gasteiger partial charge in [-0.1, -0.05) is 18.2 Å². The zero-order valence-corrected chi connectivity index (χ0v) is 11.5. The van der Waals surface area contributed by atoms with Crippen LogP contribution in [-0.4, -0.2) is 48.0 Å². The van der Waals surface area contributed by atoms with Gasteiger partial charge in [0.25, 0.3) is 0 Å². The van der Waals surface area contributed by atoms with Gasteiger partial charge in [-0.2, -0.15) is 0 Å². The fraction of sp³-hybridized carbons (Fsp3) is 0.467. The van der Waals surface area contributed by atoms with Crippen LogP contribution in [0.3, 0.4) is 0 Å². The summed E-state index contributed by atoms with van der Waals surface area (Å²) < 4.78 is 0. The van der Waals surface area contributed by atoms with E-state index in [2.05, 4.69) is 9.88 Å². The van der Waals surface area contributed by atoms with Crippen LogP contribution in [0.5, 0.6) is 0 Å². The molecular formula is C15H20N4O. The van der Waals surface area contributed by atoms with Gasteiger partial charge in [-0.3, -0.25) is 4.79 Å². The summed E-state index contributed by atoms with van der Waals surface area (Å²) in [6, 6.07) is 5.96. The highest BCUT2D eigenvalue weighted by molar-refractivity contribution is 5.81. The standard InChI is InChI=1S/C15H20N4O/c16-13-5-4-12(11-13)15(20)19-9-7-18(8-10-19)14-3-1-2-6-17-14/h1-6,12-13H,7-11,16H2. The molecule has 20 heavy (non-hydrogen) atoms. The number of hydrogen-bond donors (Lipinski definition) is 1. The second kappa shape index (κ2) is 5.63. The first kappa shape index (κ1) is 13.1. The third-order valence-electron chi connectivity index (χ3n) is 4.00. The van der Waals surface area contributed by atoms with Crippen LogP contribution in [0.2, 0.25) is 0 Å². The minimum atomic E-state index is -0.0219. The smallest absolute Gasteiger partial charge is 0.229 e. The average Bonchev–Trinajstić information content (AvgIpc) is 2.94. The molecule has 2 atom stereocenters. The van der Waals surface area contributed by atoms with E-state index in [4.69, 9.17) is 5.73 Å². The molecule has 0 saturated carbocycles. The molecule has 2 N–H and O–H groups in total. The minimum Gasteiger partial charge on any atom is -0.353 e. The molecule has 1 aliphatic carbocycles. The molecule has 0 spiro atoms. The van der Waals surface area contributed by atoms with E-state index in [1.54, 1.807) is 6.20 Å². The summed E-state index contributed by atoms with van der Waals surface area (Å²) >= 11 is 0. The van der Waals surface area contributed by atoms with Crippen LogP contribution >= 0.6 is 0 Å². The van der Waals surface area contributed by atoms with Crippen molar-refractivity contribution in [3.05, 3.63) is 36.5 Å². The highest BCUT2D eigenvalue weighted by Crippen LogP contribution is 2.20. The van der Waals surface area contributed by atoms with Gasteiger partial charge < -0.3 is 15.5 Å². The number of anilines is 1. The van der Waals surface area contributed by atoms with Crippen LogP contribution < -0.4 is 10.6 Å². The van der Waals surface area contributed by atoms with Crippen LogP contribution in [0.25, 0.3) is 0 Å². The molecule has 1 saturated heterocycles. The molecule has 1 amide bonds. The lowest BCUT2D eigenvalue weighted by Gasteiger charge is -2.36. The van der Waals surface area contributed by atoms with Crippen molar-refractivity contribution in [1.82, 2.24) is 9.88 Å². The number of rotatable bonds is 2. The Labute approximate surface area is 119 Å². The van der Waals surface area contributed by atoms with Crippen molar-refractivity contribution >= 4 is 11.7 Å². The fourth-order valence-electron chi connectivity index (χ4n) is 2.84. The first-order chi connectivity index (χ1) is 9.74. The maximum Gasteiger partial charge on any atom is 0.229 e. The number of pyridine rings is 1. The summed E-state index contributed by atoms with van der Waals surface area (Å²) in [5, 5.41) is 0. The van der Waals surface area contributed by atoms with E-state index < -0.39 is 0 Å². The van der Waals surface area contributed by atoms with Crippen molar-refractivity contribution in [3.8, 4) is 0 Å². The topological polar surface area (TPSA) is 62.5 Å². The summed E-state index contributed by atoms with van der Waals surface area (Å²) in [5.41, 5.74) is 5.82. The van der Waals surface area contributed by atoms with E-state index in [9.17, 15) is 4.79 Å². The molecule has 2 unspecified atom stereocenters. The quantitative estimate of drug-likeness (QED) is 0.802. The van der Waals surface area contributed by atoms with E-state index in [0.29, 0.717) is 0 Å². The number of piperazine rings is 1. The molecule has 2 aliphatic rings. The first-order valence-electron chi connectivity index (χ1n) is 7.13. The predicted octanol–water partition coefficient (Wildman–Crippen LogP) is 0.634. The monoisotopic (exact) mass is 272 g/mol. The van der Waals surface area contributed by atoms with Crippen molar-refractivity contribution in [3.63, 3.8) is 0 Å². The number of hydrogen-bond acceptors (Lipinski definition) is 4. The zero-order chi connectivity index (χ0) is 13.9. The van der Waals surface area contributed by atoms with E-state index in [-0.39, 0.29) is 17.9 Å². The van der Waals surface area contributed by atoms with Gasteiger partial charge in [0.15, 0.2) is 0 Å². The van der Waals surface area contributed by atoms with E-state index in [0.717, 1.165) is 38.4 Å². The van der Waals surface area contributed by atoms with E-state index in [1.165, 1.54) is 0 Å². The zero-order valence-electron chi connectivity index (χ0n) is 11.5. The lowest BCUT2D eigenvalue weighted by Crippen LogP contribution is -2.50. The number of amides is 1. The van der Waals surface area contributed by atoms with Crippen LogP contribution in [0.1, 0.15) is 6.42 Å². The molecule has 1 fully saturated rings. The summed E-state index contributed by atoms with van der Waals surface area (Å²) in [6.07, 6.45) is 6.45. The molecule has 0 aromatic carbocycles. The molecule has 106 valence electrons. The number of carbonyl (C=O) groups is 1. The lowest BCUT2D eigenvalue weighted by atomic mass is 10.1. The summed E-state index contributed by atoms with van der Waals surface area (Å²) in [7, 11) is 0. The van der Waals surface area contributed by atoms with Crippen molar-refractivity contribution in [2.75, 3.05) is 31.1 Å². The number of aromatic nitrogens is 1. The Bertz CT molecular complexity index is 494. The third-order valence-corrected chi connectivity index (χ3v) is 4.00. The highest BCUT2D eigenvalue weighted by atomic mass is 16.2. The van der Waals surface area contributed by atoms with E-state index in [1.807, 2.05) is 35.3 Å². The second-order valence-electron chi connectivity index (χ2n) is 5.39. The molecule has 1 aliphatic heterocycles. The van der Waals surface area contributed by atoms with Gasteiger partial charge in [0.1, 0.15) is 5.82 Å². The van der Waals surface area contributed by atoms with Crippen molar-refractivity contribution < 1.29 is 4.79 Å². The Hall–Kier alpha value is -1.88. The van der Waals surface area contributed by atoms with Crippen molar-refractivity contribution in [2.24, 2.45) is 11.7 Å². The highest BCUT2D eigenvalue weighted by Gasteiger charge is 2.29. The first-order valence-corrected chi connectivity index (χ1v) is 7.13. The fourth-order valence-corrected chi connectivity index (χ4v) is 2.84. The Morgan fingerprint density at radius 1 is 1.20 bits per heavy atom. The number of nitrogens with two attached hydrogens (primary N) is 1. The number of nitrogens with zero attached hydrogens (tertiary/aromatic N) is 3. The molecule has 3 rings (SSSR count). The Morgan fingerprint density at radius 3 is 2.60 bits per heavy atom. The third kappa shape index (κ3) is 2.67. The molecule has 2 heterocycles. The molecule has 5 heteroatoms. The van der Waals surface area contributed by atoms with Crippen LogP contribution in [0.4, 0.5) is 5.82 Å². The van der Waals surface area contributed by atoms with Crippen molar-refractivity contribution in [1.29, 1.82) is 0 Å². The maximum atomic E-state index is 12.4. The van der Waals surface area contributed by atoms with E-state index >= 15 is 0 Å². The summed E-state index contributed by atoms with van der Waals surface area (Å²) in [6.45, 7) is 3.19. The van der Waals surface area contributed by atoms with Gasteiger partial charge in [0.2, 0.25) is 5.91 Å². The minimum absolute atomic E-state index is 0.0219. The van der Waals surface area contributed by atoms with Gasteiger partial charge in [-0.25, -0.2) is 4.98 Å². The van der Waals surface area contributed by atoms with Gasteiger partial charge in [-0.15, -0.1) is 0 Å². The summed E-state index contributed by atoms with van der Waals surface area (Å²) in [5.74, 6) is 1.18. The molecule has 0 bridgehead atoms.